The summed E-state index contributed by atoms with van der Waals surface area (Å²) in [5.74, 6) is 0. The number of nitrogens with zero attached hydrogens (tertiary/aromatic N) is 1. The van der Waals surface area contributed by atoms with E-state index >= 15 is 0 Å². The predicted octanol–water partition coefficient (Wildman–Crippen LogP) is 4.77. The Morgan fingerprint density at radius 3 is 2.25 bits per heavy atom. The molecule has 0 radical (unpaired) electrons. The van der Waals surface area contributed by atoms with E-state index in [-0.39, 0.29) is 11.5 Å². The highest BCUT2D eigenvalue weighted by Crippen LogP contribution is 2.41. The molecule has 0 N–H and O–H groups in total. The monoisotopic (exact) mass is 285 g/mol. The molecule has 1 nitrogen and oxygen atoms in total. The Balaban J connectivity index is 2.52. The molecule has 112 valence electrons. The van der Waals surface area contributed by atoms with E-state index in [4.69, 9.17) is 0 Å². The van der Waals surface area contributed by atoms with E-state index in [1.807, 2.05) is 38.8 Å². The van der Waals surface area contributed by atoms with Crippen LogP contribution in [0.3, 0.4) is 0 Å². The fraction of sp³-hybridized carbons (Fsp3) is 0.625. The van der Waals surface area contributed by atoms with Gasteiger partial charge in [0.1, 0.15) is 0 Å². The van der Waals surface area contributed by atoms with Gasteiger partial charge in [0.05, 0.1) is 5.56 Å². The molecule has 0 aliphatic carbocycles. The summed E-state index contributed by atoms with van der Waals surface area (Å²) >= 11 is 0. The van der Waals surface area contributed by atoms with E-state index in [0.717, 1.165) is 24.9 Å². The molecule has 1 unspecified atom stereocenters. The number of alkyl halides is 3. The van der Waals surface area contributed by atoms with Crippen molar-refractivity contribution in [1.29, 1.82) is 0 Å². The van der Waals surface area contributed by atoms with E-state index in [2.05, 4.69) is 0 Å². The molecule has 0 aromatic heterocycles. The van der Waals surface area contributed by atoms with Crippen LogP contribution in [0.5, 0.6) is 0 Å². The second kappa shape index (κ2) is 5.06. The van der Waals surface area contributed by atoms with Crippen LogP contribution >= 0.6 is 0 Å². The lowest BCUT2D eigenvalue weighted by Crippen LogP contribution is -2.22. The van der Waals surface area contributed by atoms with E-state index in [0.29, 0.717) is 5.56 Å². The lowest BCUT2D eigenvalue weighted by molar-refractivity contribution is -0.138. The van der Waals surface area contributed by atoms with Gasteiger partial charge in [-0.1, -0.05) is 32.9 Å². The average Bonchev–Trinajstić information content (AvgIpc) is 2.72. The van der Waals surface area contributed by atoms with Crippen molar-refractivity contribution in [3.63, 3.8) is 0 Å². The molecule has 0 bridgehead atoms. The number of hydrogen-bond donors (Lipinski definition) is 0. The number of hydrogen-bond acceptors (Lipinski definition) is 1. The molecule has 4 heteroatoms. The molecule has 1 aliphatic heterocycles. The highest BCUT2D eigenvalue weighted by atomic mass is 19.4. The molecule has 1 aromatic carbocycles. The van der Waals surface area contributed by atoms with Crippen molar-refractivity contribution in [3.05, 3.63) is 34.9 Å². The third-order valence-corrected chi connectivity index (χ3v) is 4.10. The zero-order chi connectivity index (χ0) is 15.1. The van der Waals surface area contributed by atoms with E-state index in [9.17, 15) is 13.2 Å². The van der Waals surface area contributed by atoms with Gasteiger partial charge in [-0.2, -0.15) is 13.2 Å². The molecule has 1 aromatic rings. The number of halogens is 3. The van der Waals surface area contributed by atoms with Gasteiger partial charge in [-0.15, -0.1) is 0 Å². The van der Waals surface area contributed by atoms with Crippen molar-refractivity contribution < 1.29 is 13.2 Å². The Bertz CT molecular complexity index is 485. The van der Waals surface area contributed by atoms with Crippen LogP contribution in [0.1, 0.15) is 56.3 Å². The van der Waals surface area contributed by atoms with Crippen molar-refractivity contribution in [2.75, 3.05) is 13.6 Å². The fourth-order valence-electron chi connectivity index (χ4n) is 2.86. The SMILES string of the molecule is CN1CCCC1c1ccc(C(C)(C)C)cc1C(F)(F)F. The summed E-state index contributed by atoms with van der Waals surface area (Å²) in [5.41, 5.74) is 0.406. The first-order chi connectivity index (χ1) is 9.10. The second-order valence-electron chi connectivity index (χ2n) is 6.69. The molecule has 0 spiro atoms. The van der Waals surface area contributed by atoms with Crippen LogP contribution < -0.4 is 0 Å². The molecule has 0 amide bonds. The van der Waals surface area contributed by atoms with Crippen molar-refractivity contribution in [2.24, 2.45) is 0 Å². The Morgan fingerprint density at radius 1 is 1.15 bits per heavy atom. The molecule has 20 heavy (non-hydrogen) atoms. The maximum atomic E-state index is 13.4. The Kier molecular flexibility index (Phi) is 3.89. The van der Waals surface area contributed by atoms with Crippen LogP contribution in [0.15, 0.2) is 18.2 Å². The minimum Gasteiger partial charge on any atom is -0.299 e. The molecule has 1 fully saturated rings. The Hall–Kier alpha value is -1.03. The average molecular weight is 285 g/mol. The molecule has 1 atom stereocenters. The highest BCUT2D eigenvalue weighted by Gasteiger charge is 2.38. The summed E-state index contributed by atoms with van der Waals surface area (Å²) in [5, 5.41) is 0. The molecular weight excluding hydrogens is 263 g/mol. The maximum absolute atomic E-state index is 13.4. The first kappa shape index (κ1) is 15.4. The quantitative estimate of drug-likeness (QED) is 0.718. The minimum absolute atomic E-state index is 0.111. The summed E-state index contributed by atoms with van der Waals surface area (Å²) in [6.07, 6.45) is -2.53. The van der Waals surface area contributed by atoms with Crippen molar-refractivity contribution >= 4 is 0 Å². The molecule has 1 saturated heterocycles. The van der Waals surface area contributed by atoms with Gasteiger partial charge in [0.25, 0.3) is 0 Å². The van der Waals surface area contributed by atoms with Crippen LogP contribution in [-0.2, 0) is 11.6 Å². The van der Waals surface area contributed by atoms with Gasteiger partial charge in [0.2, 0.25) is 0 Å². The third kappa shape index (κ3) is 3.00. The van der Waals surface area contributed by atoms with Crippen molar-refractivity contribution in [3.8, 4) is 0 Å². The van der Waals surface area contributed by atoms with Gasteiger partial charge in [0, 0.05) is 6.04 Å². The standard InChI is InChI=1S/C16H22F3N/c1-15(2,3)11-7-8-12(13(10-11)16(17,18)19)14-6-5-9-20(14)4/h7-8,10,14H,5-6,9H2,1-4H3. The zero-order valence-corrected chi connectivity index (χ0v) is 12.5. The third-order valence-electron chi connectivity index (χ3n) is 4.10. The summed E-state index contributed by atoms with van der Waals surface area (Å²) in [7, 11) is 1.90. The van der Waals surface area contributed by atoms with Crippen molar-refractivity contribution in [2.45, 2.75) is 51.2 Å². The molecular formula is C16H22F3N. The van der Waals surface area contributed by atoms with Gasteiger partial charge in [-0.05, 0) is 49.0 Å². The van der Waals surface area contributed by atoms with Gasteiger partial charge in [0.15, 0.2) is 0 Å². The summed E-state index contributed by atoms with van der Waals surface area (Å²) in [6, 6.07) is 4.74. The Morgan fingerprint density at radius 2 is 1.80 bits per heavy atom. The first-order valence-electron chi connectivity index (χ1n) is 7.02. The van der Waals surface area contributed by atoms with Crippen molar-refractivity contribution in [1.82, 2.24) is 4.90 Å². The van der Waals surface area contributed by atoms with Gasteiger partial charge >= 0.3 is 6.18 Å². The largest absolute Gasteiger partial charge is 0.416 e. The van der Waals surface area contributed by atoms with Gasteiger partial charge < -0.3 is 0 Å². The highest BCUT2D eigenvalue weighted by molar-refractivity contribution is 5.39. The predicted molar refractivity (Wildman–Crippen MR) is 74.7 cm³/mol. The van der Waals surface area contributed by atoms with Gasteiger partial charge in [-0.3, -0.25) is 4.90 Å². The van der Waals surface area contributed by atoms with Crippen LogP contribution in [0.4, 0.5) is 13.2 Å². The molecule has 1 aliphatic rings. The topological polar surface area (TPSA) is 3.24 Å². The van der Waals surface area contributed by atoms with E-state index in [1.54, 1.807) is 6.07 Å². The molecule has 1 heterocycles. The van der Waals surface area contributed by atoms with Gasteiger partial charge in [-0.25, -0.2) is 0 Å². The summed E-state index contributed by atoms with van der Waals surface area (Å²) in [6.45, 7) is 6.67. The first-order valence-corrected chi connectivity index (χ1v) is 7.02. The minimum atomic E-state index is -4.29. The van der Waals surface area contributed by atoms with E-state index in [1.165, 1.54) is 6.07 Å². The van der Waals surface area contributed by atoms with Crippen LogP contribution in [0, 0.1) is 0 Å². The Labute approximate surface area is 118 Å². The summed E-state index contributed by atoms with van der Waals surface area (Å²) < 4.78 is 40.1. The lowest BCUT2D eigenvalue weighted by Gasteiger charge is -2.27. The fourth-order valence-corrected chi connectivity index (χ4v) is 2.86. The molecule has 0 saturated carbocycles. The second-order valence-corrected chi connectivity index (χ2v) is 6.69. The summed E-state index contributed by atoms with van der Waals surface area (Å²) in [4.78, 5) is 2.02. The van der Waals surface area contributed by atoms with Crippen LogP contribution in [0.2, 0.25) is 0 Å². The number of benzene rings is 1. The number of rotatable bonds is 1. The van der Waals surface area contributed by atoms with Crippen LogP contribution in [0.25, 0.3) is 0 Å². The van der Waals surface area contributed by atoms with Crippen LogP contribution in [-0.4, -0.2) is 18.5 Å². The lowest BCUT2D eigenvalue weighted by atomic mass is 9.84. The smallest absolute Gasteiger partial charge is 0.299 e. The maximum Gasteiger partial charge on any atom is 0.416 e. The van der Waals surface area contributed by atoms with E-state index < -0.39 is 11.7 Å². The molecule has 2 rings (SSSR count). The zero-order valence-electron chi connectivity index (χ0n) is 12.5. The number of likely N-dealkylation sites (tertiary alicyclic amines) is 1. The normalized spacial score (nSPS) is 21.4.